The zero-order chi connectivity index (χ0) is 27.9. The number of sulfone groups is 1. The SMILES string of the molecule is COc1ccc(S(=O)(=O)CCC(=O)N2CCC3(CCCCc4ccccc4OCCCNC3=O)CC2)cc1F. The Morgan fingerprint density at radius 1 is 1.10 bits per heavy atom. The molecule has 4 rings (SSSR count). The highest BCUT2D eigenvalue weighted by Gasteiger charge is 2.41. The third kappa shape index (κ3) is 7.09. The number of nitrogens with zero attached hydrogens (tertiary/aromatic N) is 1. The van der Waals surface area contributed by atoms with Crippen molar-refractivity contribution in [2.75, 3.05) is 39.1 Å². The second kappa shape index (κ2) is 12.8. The number of piperidine rings is 1. The van der Waals surface area contributed by atoms with Crippen molar-refractivity contribution in [1.29, 1.82) is 0 Å². The summed E-state index contributed by atoms with van der Waals surface area (Å²) in [4.78, 5) is 27.7. The highest BCUT2D eigenvalue weighted by atomic mass is 32.2. The van der Waals surface area contributed by atoms with Gasteiger partial charge in [0.15, 0.2) is 21.4 Å². The van der Waals surface area contributed by atoms with Crippen LogP contribution in [0, 0.1) is 11.2 Å². The number of nitrogens with one attached hydrogen (secondary N) is 1. The van der Waals surface area contributed by atoms with Crippen LogP contribution in [0.25, 0.3) is 0 Å². The number of rotatable bonds is 5. The fourth-order valence-electron chi connectivity index (χ4n) is 5.39. The first-order chi connectivity index (χ1) is 18.7. The van der Waals surface area contributed by atoms with Gasteiger partial charge in [-0.3, -0.25) is 9.59 Å². The monoisotopic (exact) mass is 560 g/mol. The molecule has 10 heteroatoms. The molecule has 0 bridgehead atoms. The maximum Gasteiger partial charge on any atom is 0.226 e. The lowest BCUT2D eigenvalue weighted by Gasteiger charge is -2.41. The summed E-state index contributed by atoms with van der Waals surface area (Å²) in [6.07, 6.45) is 5.00. The molecule has 0 unspecified atom stereocenters. The highest BCUT2D eigenvalue weighted by molar-refractivity contribution is 7.91. The molecule has 2 aliphatic heterocycles. The Hall–Kier alpha value is -3.14. The van der Waals surface area contributed by atoms with E-state index in [4.69, 9.17) is 9.47 Å². The molecule has 1 fully saturated rings. The molecule has 1 spiro atoms. The molecule has 2 aromatic rings. The standard InChI is InChI=1S/C29H37FN2O6S/c1-37-26-11-10-23(21-24(26)30)39(35,36)20-12-27(33)32-17-14-29(15-18-32)13-5-4-8-22-7-2-3-9-25(22)38-19-6-16-31-28(29)34/h2-3,7,9-11,21H,4-6,8,12-20H2,1H3,(H,31,34). The van der Waals surface area contributed by atoms with Gasteiger partial charge in [-0.15, -0.1) is 0 Å². The third-order valence-electron chi connectivity index (χ3n) is 7.81. The number of ether oxygens (including phenoxy) is 2. The number of aryl methyl sites for hydroxylation is 1. The molecular formula is C29H37FN2O6S. The topological polar surface area (TPSA) is 102 Å². The summed E-state index contributed by atoms with van der Waals surface area (Å²) in [5.41, 5.74) is 0.635. The van der Waals surface area contributed by atoms with Gasteiger partial charge in [0.2, 0.25) is 11.8 Å². The molecule has 0 radical (unpaired) electrons. The first kappa shape index (κ1) is 28.9. The van der Waals surface area contributed by atoms with Crippen molar-refractivity contribution in [3.05, 3.63) is 53.8 Å². The van der Waals surface area contributed by atoms with Gasteiger partial charge in [-0.2, -0.15) is 0 Å². The van der Waals surface area contributed by atoms with E-state index in [1.807, 2.05) is 18.2 Å². The van der Waals surface area contributed by atoms with E-state index >= 15 is 0 Å². The summed E-state index contributed by atoms with van der Waals surface area (Å²) < 4.78 is 50.2. The molecule has 1 N–H and O–H groups in total. The van der Waals surface area contributed by atoms with E-state index in [9.17, 15) is 22.4 Å². The summed E-state index contributed by atoms with van der Waals surface area (Å²) in [6, 6.07) is 11.5. The number of methoxy groups -OCH3 is 1. The van der Waals surface area contributed by atoms with E-state index in [1.165, 1.54) is 24.8 Å². The summed E-state index contributed by atoms with van der Waals surface area (Å²) >= 11 is 0. The molecule has 39 heavy (non-hydrogen) atoms. The van der Waals surface area contributed by atoms with Crippen LogP contribution in [0.2, 0.25) is 0 Å². The molecule has 0 saturated carbocycles. The number of fused-ring (bicyclic) bond motifs is 1. The van der Waals surface area contributed by atoms with E-state index in [2.05, 4.69) is 11.4 Å². The normalized spacial score (nSPS) is 18.5. The van der Waals surface area contributed by atoms with Crippen LogP contribution in [0.3, 0.4) is 0 Å². The lowest BCUT2D eigenvalue weighted by atomic mass is 9.73. The molecule has 0 atom stereocenters. The van der Waals surface area contributed by atoms with Crippen LogP contribution in [0.4, 0.5) is 4.39 Å². The Labute approximate surface area is 229 Å². The predicted molar refractivity (Wildman–Crippen MR) is 145 cm³/mol. The highest BCUT2D eigenvalue weighted by Crippen LogP contribution is 2.38. The number of benzene rings is 2. The average molecular weight is 561 g/mol. The van der Waals surface area contributed by atoms with Crippen LogP contribution in [0.15, 0.2) is 47.4 Å². The van der Waals surface area contributed by atoms with Crippen LogP contribution in [0.1, 0.15) is 50.5 Å². The molecule has 2 heterocycles. The second-order valence-corrected chi connectivity index (χ2v) is 12.4. The summed E-state index contributed by atoms with van der Waals surface area (Å²) in [7, 11) is -2.54. The van der Waals surface area contributed by atoms with Crippen molar-refractivity contribution >= 4 is 21.7 Å². The number of para-hydroxylation sites is 1. The first-order valence-corrected chi connectivity index (χ1v) is 15.2. The van der Waals surface area contributed by atoms with E-state index < -0.39 is 26.8 Å². The Morgan fingerprint density at radius 2 is 1.87 bits per heavy atom. The van der Waals surface area contributed by atoms with Crippen LogP contribution in [0.5, 0.6) is 11.5 Å². The van der Waals surface area contributed by atoms with E-state index in [0.29, 0.717) is 45.5 Å². The first-order valence-electron chi connectivity index (χ1n) is 13.6. The molecule has 2 amide bonds. The van der Waals surface area contributed by atoms with Gasteiger partial charge < -0.3 is 19.7 Å². The summed E-state index contributed by atoms with van der Waals surface area (Å²) in [5.74, 6) is -0.574. The quantitative estimate of drug-likeness (QED) is 0.595. The van der Waals surface area contributed by atoms with Gasteiger partial charge in [0.25, 0.3) is 0 Å². The number of carbonyl (C=O) groups excluding carboxylic acids is 2. The van der Waals surface area contributed by atoms with E-state index in [1.54, 1.807) is 4.90 Å². The average Bonchev–Trinajstić information content (AvgIpc) is 2.95. The van der Waals surface area contributed by atoms with E-state index in [-0.39, 0.29) is 28.9 Å². The fourth-order valence-corrected chi connectivity index (χ4v) is 6.62. The van der Waals surface area contributed by atoms with Crippen LogP contribution < -0.4 is 14.8 Å². The Morgan fingerprint density at radius 3 is 2.62 bits per heavy atom. The fraction of sp³-hybridized carbons (Fsp3) is 0.517. The Kier molecular flexibility index (Phi) is 9.48. The van der Waals surface area contributed by atoms with Gasteiger partial charge >= 0.3 is 0 Å². The van der Waals surface area contributed by atoms with Gasteiger partial charge in [-0.25, -0.2) is 12.8 Å². The van der Waals surface area contributed by atoms with Gasteiger partial charge in [-0.05, 0) is 68.4 Å². The van der Waals surface area contributed by atoms with Crippen LogP contribution in [-0.4, -0.2) is 64.2 Å². The van der Waals surface area contributed by atoms with Crippen molar-refractivity contribution < 1.29 is 31.9 Å². The zero-order valence-electron chi connectivity index (χ0n) is 22.4. The number of likely N-dealkylation sites (tertiary alicyclic amines) is 1. The smallest absolute Gasteiger partial charge is 0.226 e. The molecule has 2 aromatic carbocycles. The minimum Gasteiger partial charge on any atom is -0.494 e. The lowest BCUT2D eigenvalue weighted by Crippen LogP contribution is -2.50. The molecule has 8 nitrogen and oxygen atoms in total. The molecular weight excluding hydrogens is 523 g/mol. The molecule has 2 aliphatic rings. The lowest BCUT2D eigenvalue weighted by molar-refractivity contribution is -0.141. The maximum absolute atomic E-state index is 14.0. The maximum atomic E-state index is 14.0. The van der Waals surface area contributed by atoms with Crippen LogP contribution in [-0.2, 0) is 25.8 Å². The molecule has 212 valence electrons. The van der Waals surface area contributed by atoms with Crippen molar-refractivity contribution in [2.24, 2.45) is 5.41 Å². The number of amides is 2. The number of carbonyl (C=O) groups is 2. The second-order valence-electron chi connectivity index (χ2n) is 10.3. The van der Waals surface area contributed by atoms with Crippen molar-refractivity contribution in [3.8, 4) is 11.5 Å². The Bertz CT molecular complexity index is 1270. The molecule has 1 saturated heterocycles. The minimum absolute atomic E-state index is 0.0236. The summed E-state index contributed by atoms with van der Waals surface area (Å²) in [5, 5.41) is 3.08. The van der Waals surface area contributed by atoms with Gasteiger partial charge in [0.05, 0.1) is 29.8 Å². The number of hydrogen-bond acceptors (Lipinski definition) is 6. The number of hydrogen-bond donors (Lipinski definition) is 1. The van der Waals surface area contributed by atoms with Gasteiger partial charge in [-0.1, -0.05) is 24.6 Å². The minimum atomic E-state index is -3.84. The Balaban J connectivity index is 1.34. The van der Waals surface area contributed by atoms with Crippen molar-refractivity contribution in [3.63, 3.8) is 0 Å². The number of halogens is 1. The van der Waals surface area contributed by atoms with Gasteiger partial charge in [0, 0.05) is 26.1 Å². The zero-order valence-corrected chi connectivity index (χ0v) is 23.2. The third-order valence-corrected chi connectivity index (χ3v) is 9.52. The predicted octanol–water partition coefficient (Wildman–Crippen LogP) is 3.92. The van der Waals surface area contributed by atoms with Gasteiger partial charge in [0.1, 0.15) is 5.75 Å². The van der Waals surface area contributed by atoms with Crippen LogP contribution >= 0.6 is 0 Å². The largest absolute Gasteiger partial charge is 0.494 e. The van der Waals surface area contributed by atoms with E-state index in [0.717, 1.165) is 37.5 Å². The summed E-state index contributed by atoms with van der Waals surface area (Å²) in [6.45, 7) is 1.85. The molecule has 0 aromatic heterocycles. The molecule has 0 aliphatic carbocycles. The van der Waals surface area contributed by atoms with Crippen molar-refractivity contribution in [2.45, 2.75) is 56.3 Å². The van der Waals surface area contributed by atoms with Crippen molar-refractivity contribution in [1.82, 2.24) is 10.2 Å².